The normalized spacial score (nSPS) is 36.1. The topological polar surface area (TPSA) is 0 Å². The molecule has 1 aliphatic rings. The molecule has 0 aromatic heterocycles. The Kier molecular flexibility index (Phi) is 2.42. The second-order valence-corrected chi connectivity index (χ2v) is 3.63. The lowest BCUT2D eigenvalue weighted by atomic mass is 10.0. The summed E-state index contributed by atoms with van der Waals surface area (Å²) >= 11 is 11.8. The highest BCUT2D eigenvalue weighted by molar-refractivity contribution is 6.25. The Morgan fingerprint density at radius 3 is 2.67 bits per heavy atom. The first-order valence-electron chi connectivity index (χ1n) is 3.15. The van der Waals surface area contributed by atoms with E-state index in [0.29, 0.717) is 0 Å². The third-order valence-corrected chi connectivity index (χ3v) is 2.53. The molecule has 0 spiro atoms. The first-order valence-corrected chi connectivity index (χ1v) is 4.02. The molecule has 1 aliphatic carbocycles. The number of halogens is 2. The largest absolute Gasteiger partial charge is 0.123 e. The van der Waals surface area contributed by atoms with E-state index in [-0.39, 0.29) is 10.8 Å². The van der Waals surface area contributed by atoms with Crippen LogP contribution in [0.4, 0.5) is 0 Å². The summed E-state index contributed by atoms with van der Waals surface area (Å²) in [6.07, 6.45) is 4.03. The maximum absolute atomic E-state index is 5.91. The van der Waals surface area contributed by atoms with Gasteiger partial charge in [0.25, 0.3) is 0 Å². The maximum atomic E-state index is 5.91. The third-order valence-electron chi connectivity index (χ3n) is 1.65. The van der Waals surface area contributed by atoms with Crippen molar-refractivity contribution in [1.82, 2.24) is 0 Å². The lowest BCUT2D eigenvalue weighted by molar-refractivity contribution is 0.716. The second-order valence-electron chi connectivity index (χ2n) is 2.48. The van der Waals surface area contributed by atoms with Gasteiger partial charge in [0.1, 0.15) is 0 Å². The first-order chi connectivity index (χ1) is 4.20. The molecule has 0 aliphatic heterocycles. The molecule has 0 amide bonds. The molecule has 1 rings (SSSR count). The Morgan fingerprint density at radius 1 is 1.56 bits per heavy atom. The van der Waals surface area contributed by atoms with Gasteiger partial charge in [-0.15, -0.1) is 23.2 Å². The lowest BCUT2D eigenvalue weighted by Gasteiger charge is -2.18. The maximum Gasteiger partial charge on any atom is 0.0556 e. The zero-order chi connectivity index (χ0) is 6.85. The van der Waals surface area contributed by atoms with Crippen molar-refractivity contribution in [3.05, 3.63) is 11.6 Å². The summed E-state index contributed by atoms with van der Waals surface area (Å²) < 4.78 is 0. The molecule has 2 atom stereocenters. The van der Waals surface area contributed by atoms with E-state index in [4.69, 9.17) is 23.2 Å². The van der Waals surface area contributed by atoms with Crippen LogP contribution < -0.4 is 0 Å². The number of hydrogen-bond acceptors (Lipinski definition) is 0. The van der Waals surface area contributed by atoms with Gasteiger partial charge in [0.2, 0.25) is 0 Å². The molecule has 0 heterocycles. The van der Waals surface area contributed by atoms with Crippen molar-refractivity contribution in [3.63, 3.8) is 0 Å². The average molecular weight is 165 g/mol. The van der Waals surface area contributed by atoms with Crippen molar-refractivity contribution >= 4 is 23.2 Å². The van der Waals surface area contributed by atoms with Crippen LogP contribution in [0.25, 0.3) is 0 Å². The van der Waals surface area contributed by atoms with Gasteiger partial charge >= 0.3 is 0 Å². The van der Waals surface area contributed by atoms with Crippen molar-refractivity contribution in [1.29, 1.82) is 0 Å². The van der Waals surface area contributed by atoms with E-state index in [0.717, 1.165) is 12.8 Å². The van der Waals surface area contributed by atoms with Crippen LogP contribution in [0, 0.1) is 0 Å². The van der Waals surface area contributed by atoms with Crippen LogP contribution in [0.2, 0.25) is 0 Å². The van der Waals surface area contributed by atoms with Gasteiger partial charge in [-0.05, 0) is 19.8 Å². The predicted molar refractivity (Wildman–Crippen MR) is 42.3 cm³/mol. The Morgan fingerprint density at radius 2 is 2.22 bits per heavy atom. The molecule has 0 fully saturated rings. The molecule has 2 heteroatoms. The fourth-order valence-electron chi connectivity index (χ4n) is 0.948. The van der Waals surface area contributed by atoms with Crippen LogP contribution in [-0.2, 0) is 0 Å². The highest BCUT2D eigenvalue weighted by atomic mass is 35.5. The fraction of sp³-hybridized carbons (Fsp3) is 0.714. The monoisotopic (exact) mass is 164 g/mol. The highest BCUT2D eigenvalue weighted by Gasteiger charge is 2.17. The zero-order valence-electron chi connectivity index (χ0n) is 5.40. The summed E-state index contributed by atoms with van der Waals surface area (Å²) in [7, 11) is 0. The van der Waals surface area contributed by atoms with E-state index in [1.54, 1.807) is 0 Å². The van der Waals surface area contributed by atoms with Crippen molar-refractivity contribution in [2.24, 2.45) is 0 Å². The average Bonchev–Trinajstić information content (AvgIpc) is 1.80. The molecule has 0 saturated heterocycles. The van der Waals surface area contributed by atoms with E-state index in [1.165, 1.54) is 5.57 Å². The Hall–Kier alpha value is 0.320. The molecular weight excluding hydrogens is 155 g/mol. The number of allylic oxidation sites excluding steroid dienone is 2. The minimum Gasteiger partial charge on any atom is -0.123 e. The zero-order valence-corrected chi connectivity index (χ0v) is 6.91. The van der Waals surface area contributed by atoms with Gasteiger partial charge in [-0.3, -0.25) is 0 Å². The molecule has 0 nitrogen and oxygen atoms in total. The minimum atomic E-state index is 0.182. The summed E-state index contributed by atoms with van der Waals surface area (Å²) in [6, 6.07) is 0. The Balaban J connectivity index is 2.56. The van der Waals surface area contributed by atoms with Crippen molar-refractivity contribution in [2.75, 3.05) is 0 Å². The van der Waals surface area contributed by atoms with Gasteiger partial charge in [0.15, 0.2) is 0 Å². The summed E-state index contributed by atoms with van der Waals surface area (Å²) in [6.45, 7) is 2.06. The van der Waals surface area contributed by atoms with Crippen molar-refractivity contribution in [2.45, 2.75) is 30.5 Å². The Labute approximate surface area is 65.8 Å². The minimum absolute atomic E-state index is 0.182. The van der Waals surface area contributed by atoms with Gasteiger partial charge in [0.05, 0.1) is 5.38 Å². The van der Waals surface area contributed by atoms with Crippen LogP contribution in [0.5, 0.6) is 0 Å². The number of alkyl halides is 2. The van der Waals surface area contributed by atoms with Crippen LogP contribution in [0.15, 0.2) is 11.6 Å². The van der Waals surface area contributed by atoms with Gasteiger partial charge < -0.3 is 0 Å². The van der Waals surface area contributed by atoms with E-state index >= 15 is 0 Å². The smallest absolute Gasteiger partial charge is 0.0556 e. The summed E-state index contributed by atoms with van der Waals surface area (Å²) in [5, 5.41) is 0.442. The van der Waals surface area contributed by atoms with Gasteiger partial charge in [-0.2, -0.15) is 0 Å². The van der Waals surface area contributed by atoms with Crippen LogP contribution in [0.1, 0.15) is 19.8 Å². The van der Waals surface area contributed by atoms with E-state index < -0.39 is 0 Å². The predicted octanol–water partition coefficient (Wildman–Crippen LogP) is 2.94. The van der Waals surface area contributed by atoms with Crippen LogP contribution in [-0.4, -0.2) is 10.8 Å². The van der Waals surface area contributed by atoms with Gasteiger partial charge in [-0.1, -0.05) is 11.6 Å². The molecule has 0 bridgehead atoms. The Bertz CT molecular complexity index is 129. The second kappa shape index (κ2) is 2.94. The number of rotatable bonds is 0. The molecule has 9 heavy (non-hydrogen) atoms. The fourth-order valence-corrected chi connectivity index (χ4v) is 1.61. The summed E-state index contributed by atoms with van der Waals surface area (Å²) in [5.74, 6) is 0. The molecule has 2 unspecified atom stereocenters. The van der Waals surface area contributed by atoms with Crippen molar-refractivity contribution < 1.29 is 0 Å². The number of hydrogen-bond donors (Lipinski definition) is 0. The van der Waals surface area contributed by atoms with Gasteiger partial charge in [-0.25, -0.2) is 0 Å². The third kappa shape index (κ3) is 1.87. The van der Waals surface area contributed by atoms with Crippen LogP contribution >= 0.6 is 23.2 Å². The van der Waals surface area contributed by atoms with Gasteiger partial charge in [0, 0.05) is 5.38 Å². The molecule has 0 aromatic rings. The molecule has 0 aromatic carbocycles. The molecule has 52 valence electrons. The van der Waals surface area contributed by atoms with Crippen LogP contribution in [0.3, 0.4) is 0 Å². The molecule has 0 radical (unpaired) electrons. The standard InChI is InChI=1S/C7H10Cl2/c1-5-2-3-6(8)4-7(5)9/h2,6-7H,3-4H2,1H3. The summed E-state index contributed by atoms with van der Waals surface area (Å²) in [5.41, 5.74) is 1.27. The van der Waals surface area contributed by atoms with E-state index in [2.05, 4.69) is 13.0 Å². The first kappa shape index (κ1) is 7.43. The van der Waals surface area contributed by atoms with E-state index in [1.807, 2.05) is 0 Å². The highest BCUT2D eigenvalue weighted by Crippen LogP contribution is 2.26. The SMILES string of the molecule is CC1=CCC(Cl)CC1Cl. The quantitative estimate of drug-likeness (QED) is 0.382. The molecule has 0 N–H and O–H groups in total. The lowest BCUT2D eigenvalue weighted by Crippen LogP contribution is -2.14. The molecular formula is C7H10Cl2. The van der Waals surface area contributed by atoms with Crippen molar-refractivity contribution in [3.8, 4) is 0 Å². The summed E-state index contributed by atoms with van der Waals surface area (Å²) in [4.78, 5) is 0. The van der Waals surface area contributed by atoms with E-state index in [9.17, 15) is 0 Å². The molecule has 0 saturated carbocycles.